The highest BCUT2D eigenvalue weighted by Crippen LogP contribution is 2.06. The summed E-state index contributed by atoms with van der Waals surface area (Å²) in [6.45, 7) is 3.96. The molecule has 2 N–H and O–H groups in total. The smallest absolute Gasteiger partial charge is 0.221 e. The van der Waals surface area contributed by atoms with E-state index in [-0.39, 0.29) is 5.91 Å². The summed E-state index contributed by atoms with van der Waals surface area (Å²) in [6.07, 6.45) is 2.27. The molecule has 88 valence electrons. The fourth-order valence-corrected chi connectivity index (χ4v) is 1.45. The highest BCUT2D eigenvalue weighted by molar-refractivity contribution is 9.10. The maximum Gasteiger partial charge on any atom is 0.221 e. The fourth-order valence-electron chi connectivity index (χ4n) is 1.21. The predicted octanol–water partition coefficient (Wildman–Crippen LogP) is 1.46. The Morgan fingerprint density at radius 3 is 2.94 bits per heavy atom. The van der Waals surface area contributed by atoms with E-state index in [2.05, 4.69) is 31.5 Å². The van der Waals surface area contributed by atoms with Crippen LogP contribution in [0.4, 0.5) is 0 Å². The summed E-state index contributed by atoms with van der Waals surface area (Å²) < 4.78 is 0.971. The lowest BCUT2D eigenvalue weighted by molar-refractivity contribution is -0.120. The minimum absolute atomic E-state index is 0.0822. The summed E-state index contributed by atoms with van der Waals surface area (Å²) in [4.78, 5) is 15.3. The average molecular weight is 286 g/mol. The van der Waals surface area contributed by atoms with Gasteiger partial charge in [-0.3, -0.25) is 9.78 Å². The zero-order chi connectivity index (χ0) is 11.8. The largest absolute Gasteiger partial charge is 0.356 e. The van der Waals surface area contributed by atoms with Gasteiger partial charge in [0, 0.05) is 36.7 Å². The Kier molecular flexibility index (Phi) is 6.03. The van der Waals surface area contributed by atoms with Crippen LogP contribution < -0.4 is 10.6 Å². The molecule has 0 aliphatic carbocycles. The molecule has 1 aromatic rings. The molecule has 16 heavy (non-hydrogen) atoms. The normalized spacial score (nSPS) is 10.1. The number of carbonyl (C=O) groups is 1. The number of carbonyl (C=O) groups excluding carboxylic acids is 1. The highest BCUT2D eigenvalue weighted by Gasteiger charge is 1.99. The van der Waals surface area contributed by atoms with Gasteiger partial charge in [-0.1, -0.05) is 0 Å². The number of amides is 1. The molecule has 0 aromatic carbocycles. The first-order valence-corrected chi connectivity index (χ1v) is 6.09. The summed E-state index contributed by atoms with van der Waals surface area (Å²) in [5, 5.41) is 5.92. The van der Waals surface area contributed by atoms with Crippen molar-refractivity contribution in [2.75, 3.05) is 13.1 Å². The Labute approximate surface area is 104 Å². The fraction of sp³-hybridized carbons (Fsp3) is 0.455. The lowest BCUT2D eigenvalue weighted by Crippen LogP contribution is -2.27. The van der Waals surface area contributed by atoms with Crippen molar-refractivity contribution >= 4 is 21.8 Å². The molecule has 1 heterocycles. The Morgan fingerprint density at radius 1 is 1.50 bits per heavy atom. The van der Waals surface area contributed by atoms with Crippen molar-refractivity contribution in [2.24, 2.45) is 0 Å². The molecular weight excluding hydrogens is 270 g/mol. The Hall–Kier alpha value is -0.940. The van der Waals surface area contributed by atoms with E-state index in [9.17, 15) is 4.79 Å². The van der Waals surface area contributed by atoms with Gasteiger partial charge in [-0.05, 0) is 35.0 Å². The number of halogens is 1. The van der Waals surface area contributed by atoms with Crippen LogP contribution in [0.25, 0.3) is 0 Å². The van der Waals surface area contributed by atoms with E-state index >= 15 is 0 Å². The van der Waals surface area contributed by atoms with Gasteiger partial charge >= 0.3 is 0 Å². The van der Waals surface area contributed by atoms with E-state index in [4.69, 9.17) is 0 Å². The van der Waals surface area contributed by atoms with Crippen LogP contribution in [0, 0.1) is 0 Å². The third-order valence-corrected chi connectivity index (χ3v) is 2.47. The van der Waals surface area contributed by atoms with Crippen LogP contribution in [0.2, 0.25) is 0 Å². The molecule has 0 aliphatic heterocycles. The minimum Gasteiger partial charge on any atom is -0.356 e. The molecule has 4 nitrogen and oxygen atoms in total. The van der Waals surface area contributed by atoms with Crippen LogP contribution in [0.15, 0.2) is 22.8 Å². The van der Waals surface area contributed by atoms with Gasteiger partial charge in [0.05, 0.1) is 5.69 Å². The van der Waals surface area contributed by atoms with Gasteiger partial charge in [-0.25, -0.2) is 0 Å². The Bertz CT molecular complexity index is 327. The van der Waals surface area contributed by atoms with Crippen LogP contribution in [0.3, 0.4) is 0 Å². The lowest BCUT2D eigenvalue weighted by atomic mass is 10.3. The van der Waals surface area contributed by atoms with Crippen LogP contribution >= 0.6 is 15.9 Å². The molecule has 0 atom stereocenters. The standard InChI is InChI=1S/C11H16BrN3O/c1-2-14-11(16)5-6-13-8-10-4-3-9(12)7-15-10/h3-4,7,13H,2,5-6,8H2,1H3,(H,14,16). The Balaban J connectivity index is 2.16. The third kappa shape index (κ3) is 5.23. The molecule has 0 saturated heterocycles. The quantitative estimate of drug-likeness (QED) is 0.778. The average Bonchev–Trinajstić information content (AvgIpc) is 2.27. The number of aromatic nitrogens is 1. The van der Waals surface area contributed by atoms with Gasteiger partial charge in [0.15, 0.2) is 0 Å². The van der Waals surface area contributed by atoms with Gasteiger partial charge in [0.25, 0.3) is 0 Å². The SMILES string of the molecule is CCNC(=O)CCNCc1ccc(Br)cn1. The van der Waals surface area contributed by atoms with Crippen molar-refractivity contribution in [1.29, 1.82) is 0 Å². The molecule has 1 amide bonds. The van der Waals surface area contributed by atoms with Crippen molar-refractivity contribution in [3.8, 4) is 0 Å². The number of nitrogens with one attached hydrogen (secondary N) is 2. The van der Waals surface area contributed by atoms with E-state index in [0.29, 0.717) is 26.1 Å². The second kappa shape index (κ2) is 7.35. The molecular formula is C11H16BrN3O. The van der Waals surface area contributed by atoms with Crippen LogP contribution in [0.5, 0.6) is 0 Å². The minimum atomic E-state index is 0.0822. The van der Waals surface area contributed by atoms with Crippen molar-refractivity contribution in [3.05, 3.63) is 28.5 Å². The zero-order valence-corrected chi connectivity index (χ0v) is 10.9. The van der Waals surface area contributed by atoms with Gasteiger partial charge in [-0.15, -0.1) is 0 Å². The first-order chi connectivity index (χ1) is 7.72. The summed E-state index contributed by atoms with van der Waals surface area (Å²) in [6, 6.07) is 3.90. The van der Waals surface area contributed by atoms with Crippen molar-refractivity contribution in [3.63, 3.8) is 0 Å². The molecule has 1 rings (SSSR count). The molecule has 0 aliphatic rings. The van der Waals surface area contributed by atoms with Gasteiger partial charge in [-0.2, -0.15) is 0 Å². The highest BCUT2D eigenvalue weighted by atomic mass is 79.9. The lowest BCUT2D eigenvalue weighted by Gasteiger charge is -2.04. The van der Waals surface area contributed by atoms with E-state index in [1.165, 1.54) is 0 Å². The van der Waals surface area contributed by atoms with Crippen LogP contribution in [-0.2, 0) is 11.3 Å². The monoisotopic (exact) mass is 285 g/mol. The predicted molar refractivity (Wildman–Crippen MR) is 66.9 cm³/mol. The second-order valence-corrected chi connectivity index (χ2v) is 4.26. The van der Waals surface area contributed by atoms with Crippen molar-refractivity contribution < 1.29 is 4.79 Å². The molecule has 0 saturated carbocycles. The number of nitrogens with zero attached hydrogens (tertiary/aromatic N) is 1. The number of hydrogen-bond donors (Lipinski definition) is 2. The Morgan fingerprint density at radius 2 is 2.31 bits per heavy atom. The molecule has 0 unspecified atom stereocenters. The first-order valence-electron chi connectivity index (χ1n) is 5.30. The molecule has 5 heteroatoms. The van der Waals surface area contributed by atoms with E-state index in [0.717, 1.165) is 10.2 Å². The van der Waals surface area contributed by atoms with Gasteiger partial charge in [0.1, 0.15) is 0 Å². The summed E-state index contributed by atoms with van der Waals surface area (Å²) >= 11 is 3.33. The summed E-state index contributed by atoms with van der Waals surface area (Å²) in [7, 11) is 0. The van der Waals surface area contributed by atoms with Crippen LogP contribution in [0.1, 0.15) is 19.0 Å². The third-order valence-electron chi connectivity index (χ3n) is 2.00. The summed E-state index contributed by atoms with van der Waals surface area (Å²) in [5.74, 6) is 0.0822. The van der Waals surface area contributed by atoms with Gasteiger partial charge < -0.3 is 10.6 Å². The van der Waals surface area contributed by atoms with E-state index in [1.54, 1.807) is 6.20 Å². The van der Waals surface area contributed by atoms with Crippen LogP contribution in [-0.4, -0.2) is 24.0 Å². The van der Waals surface area contributed by atoms with Crippen molar-refractivity contribution in [1.82, 2.24) is 15.6 Å². The van der Waals surface area contributed by atoms with E-state index < -0.39 is 0 Å². The first kappa shape index (κ1) is 13.1. The topological polar surface area (TPSA) is 54.0 Å². The molecule has 0 radical (unpaired) electrons. The maximum absolute atomic E-state index is 11.1. The summed E-state index contributed by atoms with van der Waals surface area (Å²) in [5.41, 5.74) is 0.971. The molecule has 0 spiro atoms. The number of pyridine rings is 1. The molecule has 1 aromatic heterocycles. The number of rotatable bonds is 6. The zero-order valence-electron chi connectivity index (χ0n) is 9.29. The molecule has 0 bridgehead atoms. The maximum atomic E-state index is 11.1. The van der Waals surface area contributed by atoms with Crippen molar-refractivity contribution in [2.45, 2.75) is 19.9 Å². The second-order valence-electron chi connectivity index (χ2n) is 3.35. The molecule has 0 fully saturated rings. The number of hydrogen-bond acceptors (Lipinski definition) is 3. The van der Waals surface area contributed by atoms with E-state index in [1.807, 2.05) is 19.1 Å². The van der Waals surface area contributed by atoms with Gasteiger partial charge in [0.2, 0.25) is 5.91 Å².